The van der Waals surface area contributed by atoms with Gasteiger partial charge in [-0.1, -0.05) is 18.7 Å². The number of carbonyl (C=O) groups excluding carboxylic acids is 2. The van der Waals surface area contributed by atoms with Crippen LogP contribution < -0.4 is 9.47 Å². The highest BCUT2D eigenvalue weighted by Crippen LogP contribution is 2.39. The number of imide groups is 1. The summed E-state index contributed by atoms with van der Waals surface area (Å²) in [6, 6.07) is 3.58. The highest BCUT2D eigenvalue weighted by Gasteiger charge is 2.34. The fraction of sp³-hybridized carbons (Fsp3) is 0.222. The summed E-state index contributed by atoms with van der Waals surface area (Å²) in [5, 5.41) is -0.300. The van der Waals surface area contributed by atoms with Gasteiger partial charge in [0.2, 0.25) is 0 Å². The average molecular weight is 424 g/mol. The van der Waals surface area contributed by atoms with Crippen LogP contribution in [-0.4, -0.2) is 35.8 Å². The first kappa shape index (κ1) is 19.3. The molecule has 0 saturated carbocycles. The minimum Gasteiger partial charge on any atom is -0.490 e. The van der Waals surface area contributed by atoms with Gasteiger partial charge in [0.1, 0.15) is 6.61 Å². The van der Waals surface area contributed by atoms with Crippen LogP contribution in [0.25, 0.3) is 6.08 Å². The van der Waals surface area contributed by atoms with Crippen molar-refractivity contribution in [3.8, 4) is 11.5 Å². The zero-order chi connectivity index (χ0) is 18.4. The monoisotopic (exact) mass is 423 g/mol. The second kappa shape index (κ2) is 8.92. The Balaban J connectivity index is 2.36. The van der Waals surface area contributed by atoms with Crippen molar-refractivity contribution in [2.45, 2.75) is 6.92 Å². The number of hydrogen-bond donors (Lipinski definition) is 0. The smallest absolute Gasteiger partial charge is 0.293 e. The van der Waals surface area contributed by atoms with E-state index >= 15 is 0 Å². The summed E-state index contributed by atoms with van der Waals surface area (Å²) in [6.45, 7) is 10.1. The maximum atomic E-state index is 12.3. The van der Waals surface area contributed by atoms with Crippen molar-refractivity contribution in [3.63, 3.8) is 0 Å². The normalized spacial score (nSPS) is 15.6. The summed E-state index contributed by atoms with van der Waals surface area (Å²) in [5.74, 6) is 0.796. The Bertz CT molecular complexity index is 745. The molecule has 0 bridgehead atoms. The lowest BCUT2D eigenvalue weighted by molar-refractivity contribution is -0.122. The van der Waals surface area contributed by atoms with Crippen molar-refractivity contribution in [3.05, 3.63) is 52.4 Å². The van der Waals surface area contributed by atoms with Crippen LogP contribution in [0.15, 0.2) is 46.8 Å². The molecule has 0 unspecified atom stereocenters. The van der Waals surface area contributed by atoms with Gasteiger partial charge >= 0.3 is 0 Å². The highest BCUT2D eigenvalue weighted by molar-refractivity contribution is 9.10. The lowest BCUT2D eigenvalue weighted by Crippen LogP contribution is -2.27. The maximum absolute atomic E-state index is 12.3. The standard InChI is InChI=1S/C18H18BrNO4S/c1-4-7-20-17(21)15(25-18(20)22)11-12-9-13(19)16(24-8-5-2)14(10-12)23-6-3/h4-5,9-11H,1-2,6-8H2,3H3/b15-11+. The van der Waals surface area contributed by atoms with Gasteiger partial charge in [0.05, 0.1) is 16.0 Å². The van der Waals surface area contributed by atoms with Crippen LogP contribution in [0.2, 0.25) is 0 Å². The third kappa shape index (κ3) is 4.55. The van der Waals surface area contributed by atoms with Crippen molar-refractivity contribution in [2.75, 3.05) is 19.8 Å². The van der Waals surface area contributed by atoms with E-state index in [9.17, 15) is 9.59 Å². The fourth-order valence-electron chi connectivity index (χ4n) is 2.15. The first-order valence-electron chi connectivity index (χ1n) is 7.58. The van der Waals surface area contributed by atoms with E-state index in [1.807, 2.05) is 13.0 Å². The summed E-state index contributed by atoms with van der Waals surface area (Å²) in [5.41, 5.74) is 0.727. The first-order valence-corrected chi connectivity index (χ1v) is 9.19. The van der Waals surface area contributed by atoms with E-state index in [1.165, 1.54) is 6.08 Å². The topological polar surface area (TPSA) is 55.8 Å². The van der Waals surface area contributed by atoms with Crippen LogP contribution in [-0.2, 0) is 4.79 Å². The predicted octanol–water partition coefficient (Wildman–Crippen LogP) is 4.63. The Kier molecular flexibility index (Phi) is 6.90. The summed E-state index contributed by atoms with van der Waals surface area (Å²) >= 11 is 4.37. The quantitative estimate of drug-likeness (QED) is 0.450. The summed E-state index contributed by atoms with van der Waals surface area (Å²) in [6.07, 6.45) is 4.83. The van der Waals surface area contributed by atoms with Crippen LogP contribution in [0.4, 0.5) is 4.79 Å². The van der Waals surface area contributed by atoms with E-state index in [0.29, 0.717) is 34.1 Å². The van der Waals surface area contributed by atoms with Gasteiger partial charge in [-0.15, -0.1) is 6.58 Å². The Morgan fingerprint density at radius 2 is 2.00 bits per heavy atom. The average Bonchev–Trinajstić information content (AvgIpc) is 2.82. The minimum absolute atomic E-state index is 0.199. The molecule has 2 rings (SSSR count). The van der Waals surface area contributed by atoms with Crippen LogP contribution in [0, 0.1) is 0 Å². The predicted molar refractivity (Wildman–Crippen MR) is 104 cm³/mol. The van der Waals surface area contributed by atoms with Crippen LogP contribution in [0.1, 0.15) is 12.5 Å². The molecule has 0 aromatic heterocycles. The van der Waals surface area contributed by atoms with Crippen molar-refractivity contribution >= 4 is 44.9 Å². The lowest BCUT2D eigenvalue weighted by atomic mass is 10.2. The van der Waals surface area contributed by atoms with E-state index < -0.39 is 0 Å². The fourth-order valence-corrected chi connectivity index (χ4v) is 3.58. The second-order valence-electron chi connectivity index (χ2n) is 4.94. The molecule has 0 radical (unpaired) electrons. The molecule has 1 aromatic carbocycles. The van der Waals surface area contributed by atoms with E-state index in [4.69, 9.17) is 9.47 Å². The van der Waals surface area contributed by atoms with Crippen LogP contribution in [0.3, 0.4) is 0 Å². The Morgan fingerprint density at radius 1 is 1.24 bits per heavy atom. The number of thioether (sulfide) groups is 1. The second-order valence-corrected chi connectivity index (χ2v) is 6.79. The van der Waals surface area contributed by atoms with Gasteiger partial charge in [0.15, 0.2) is 11.5 Å². The van der Waals surface area contributed by atoms with Crippen LogP contribution in [0.5, 0.6) is 11.5 Å². The Morgan fingerprint density at radius 3 is 2.64 bits per heavy atom. The third-order valence-corrected chi connectivity index (χ3v) is 4.66. The van der Waals surface area contributed by atoms with E-state index in [-0.39, 0.29) is 17.7 Å². The molecule has 5 nitrogen and oxygen atoms in total. The number of halogens is 1. The zero-order valence-electron chi connectivity index (χ0n) is 13.8. The number of benzene rings is 1. The number of carbonyl (C=O) groups is 2. The lowest BCUT2D eigenvalue weighted by Gasteiger charge is -2.14. The molecule has 0 aliphatic carbocycles. The zero-order valence-corrected chi connectivity index (χ0v) is 16.2. The molecule has 2 amide bonds. The number of nitrogens with zero attached hydrogens (tertiary/aromatic N) is 1. The molecule has 1 heterocycles. The van der Waals surface area contributed by atoms with Crippen molar-refractivity contribution in [1.29, 1.82) is 0 Å². The SMILES string of the molecule is C=CCOc1c(Br)cc(/C=C2/SC(=O)N(CC=C)C2=O)cc1OCC. The van der Waals surface area contributed by atoms with Gasteiger partial charge in [0, 0.05) is 6.54 Å². The third-order valence-electron chi connectivity index (χ3n) is 3.16. The van der Waals surface area contributed by atoms with Crippen molar-refractivity contribution < 1.29 is 19.1 Å². The number of amides is 2. The van der Waals surface area contributed by atoms with E-state index in [1.54, 1.807) is 18.2 Å². The molecular weight excluding hydrogens is 406 g/mol. The van der Waals surface area contributed by atoms with Crippen LogP contribution >= 0.6 is 27.7 Å². The Labute approximate surface area is 159 Å². The van der Waals surface area contributed by atoms with Gasteiger partial charge in [-0.3, -0.25) is 14.5 Å². The molecule has 1 saturated heterocycles. The molecule has 1 aliphatic heterocycles. The van der Waals surface area contributed by atoms with Gasteiger partial charge in [0.25, 0.3) is 11.1 Å². The molecule has 132 valence electrons. The van der Waals surface area contributed by atoms with Gasteiger partial charge < -0.3 is 9.47 Å². The van der Waals surface area contributed by atoms with Gasteiger partial charge in [-0.2, -0.15) is 0 Å². The molecule has 1 aliphatic rings. The summed E-state index contributed by atoms with van der Waals surface area (Å²) in [7, 11) is 0. The number of hydrogen-bond acceptors (Lipinski definition) is 5. The maximum Gasteiger partial charge on any atom is 0.293 e. The van der Waals surface area contributed by atoms with E-state index in [0.717, 1.165) is 22.2 Å². The largest absolute Gasteiger partial charge is 0.490 e. The number of ether oxygens (including phenoxy) is 2. The molecule has 1 aromatic rings. The van der Waals surface area contributed by atoms with Gasteiger partial charge in [-0.25, -0.2) is 0 Å². The molecule has 25 heavy (non-hydrogen) atoms. The molecular formula is C18H18BrNO4S. The van der Waals surface area contributed by atoms with Crippen molar-refractivity contribution in [1.82, 2.24) is 4.90 Å². The molecule has 0 atom stereocenters. The summed E-state index contributed by atoms with van der Waals surface area (Å²) in [4.78, 5) is 25.7. The van der Waals surface area contributed by atoms with Gasteiger partial charge in [-0.05, 0) is 58.4 Å². The molecule has 7 heteroatoms. The van der Waals surface area contributed by atoms with Crippen molar-refractivity contribution in [2.24, 2.45) is 0 Å². The highest BCUT2D eigenvalue weighted by atomic mass is 79.9. The Hall–Kier alpha value is -1.99. The molecule has 0 N–H and O–H groups in total. The minimum atomic E-state index is -0.323. The summed E-state index contributed by atoms with van der Waals surface area (Å²) < 4.78 is 11.9. The number of rotatable bonds is 8. The molecule has 0 spiro atoms. The first-order chi connectivity index (χ1) is 12.0. The van der Waals surface area contributed by atoms with E-state index in [2.05, 4.69) is 29.1 Å². The molecule has 1 fully saturated rings.